The highest BCUT2D eigenvalue weighted by Crippen LogP contribution is 2.18. The third-order valence-corrected chi connectivity index (χ3v) is 3.65. The number of ether oxygens (including phenoxy) is 1. The Labute approximate surface area is 144 Å². The lowest BCUT2D eigenvalue weighted by atomic mass is 10.1. The van der Waals surface area contributed by atoms with E-state index in [1.807, 2.05) is 18.2 Å². The fourth-order valence-electron chi connectivity index (χ4n) is 2.34. The molecule has 0 aliphatic rings. The van der Waals surface area contributed by atoms with Gasteiger partial charge >= 0.3 is 0 Å². The first-order chi connectivity index (χ1) is 11.7. The minimum Gasteiger partial charge on any atom is -0.496 e. The van der Waals surface area contributed by atoms with Crippen LogP contribution in [0.1, 0.15) is 23.7 Å². The number of guanidine groups is 1. The summed E-state index contributed by atoms with van der Waals surface area (Å²) in [6.45, 7) is 6.30. The predicted molar refractivity (Wildman–Crippen MR) is 98.5 cm³/mol. The van der Waals surface area contributed by atoms with E-state index < -0.39 is 0 Å². The maximum absolute atomic E-state index is 5.38. The van der Waals surface area contributed by atoms with E-state index in [4.69, 9.17) is 4.74 Å². The van der Waals surface area contributed by atoms with E-state index in [9.17, 15) is 0 Å². The molecule has 2 N–H and O–H groups in total. The van der Waals surface area contributed by atoms with Crippen LogP contribution in [0.15, 0.2) is 47.6 Å². The van der Waals surface area contributed by atoms with Gasteiger partial charge in [-0.2, -0.15) is 0 Å². The predicted octanol–water partition coefficient (Wildman–Crippen LogP) is 2.70. The molecule has 1 aromatic heterocycles. The summed E-state index contributed by atoms with van der Waals surface area (Å²) in [4.78, 5) is 8.86. The van der Waals surface area contributed by atoms with Gasteiger partial charge < -0.3 is 15.4 Å². The normalized spacial score (nSPS) is 11.2. The lowest BCUT2D eigenvalue weighted by Gasteiger charge is -2.12. The van der Waals surface area contributed by atoms with E-state index in [0.29, 0.717) is 6.54 Å². The quantitative estimate of drug-likeness (QED) is 0.607. The van der Waals surface area contributed by atoms with Gasteiger partial charge in [-0.25, -0.2) is 4.99 Å². The molecule has 0 unspecified atom stereocenters. The van der Waals surface area contributed by atoms with E-state index in [-0.39, 0.29) is 0 Å². The maximum Gasteiger partial charge on any atom is 0.191 e. The van der Waals surface area contributed by atoms with Crippen LogP contribution in [0.3, 0.4) is 0 Å². The van der Waals surface area contributed by atoms with Gasteiger partial charge in [0.1, 0.15) is 5.75 Å². The highest BCUT2D eigenvalue weighted by Gasteiger charge is 2.02. The van der Waals surface area contributed by atoms with Crippen molar-refractivity contribution in [3.8, 4) is 5.75 Å². The van der Waals surface area contributed by atoms with E-state index in [0.717, 1.165) is 42.5 Å². The second kappa shape index (κ2) is 9.55. The first kappa shape index (κ1) is 17.8. The van der Waals surface area contributed by atoms with Crippen molar-refractivity contribution >= 4 is 5.96 Å². The number of methoxy groups -OCH3 is 1. The number of hydrogen-bond acceptors (Lipinski definition) is 3. The first-order valence-electron chi connectivity index (χ1n) is 8.28. The van der Waals surface area contributed by atoms with Crippen LogP contribution in [0, 0.1) is 6.92 Å². The Morgan fingerprint density at radius 3 is 2.79 bits per heavy atom. The van der Waals surface area contributed by atoms with Crippen molar-refractivity contribution in [2.75, 3.05) is 20.2 Å². The zero-order chi connectivity index (χ0) is 17.2. The monoisotopic (exact) mass is 326 g/mol. The lowest BCUT2D eigenvalue weighted by Crippen LogP contribution is -2.38. The fourth-order valence-corrected chi connectivity index (χ4v) is 2.34. The Morgan fingerprint density at radius 2 is 2.08 bits per heavy atom. The molecule has 0 amide bonds. The van der Waals surface area contributed by atoms with Gasteiger partial charge in [-0.15, -0.1) is 0 Å². The summed E-state index contributed by atoms with van der Waals surface area (Å²) in [5.74, 6) is 1.74. The van der Waals surface area contributed by atoms with Crippen molar-refractivity contribution in [2.45, 2.75) is 26.8 Å². The number of hydrogen-bond donors (Lipinski definition) is 2. The van der Waals surface area contributed by atoms with Crippen LogP contribution in [-0.2, 0) is 13.0 Å². The van der Waals surface area contributed by atoms with Crippen molar-refractivity contribution in [1.82, 2.24) is 15.6 Å². The van der Waals surface area contributed by atoms with Gasteiger partial charge in [0.15, 0.2) is 5.96 Å². The zero-order valence-corrected chi connectivity index (χ0v) is 14.7. The number of aliphatic imine (C=N–C) groups is 1. The topological polar surface area (TPSA) is 58.5 Å². The van der Waals surface area contributed by atoms with Crippen molar-refractivity contribution in [1.29, 1.82) is 0 Å². The second-order valence-corrected chi connectivity index (χ2v) is 5.50. The summed E-state index contributed by atoms with van der Waals surface area (Å²) >= 11 is 0. The van der Waals surface area contributed by atoms with Crippen LogP contribution in [0.2, 0.25) is 0 Å². The molecule has 5 nitrogen and oxygen atoms in total. The minimum absolute atomic E-state index is 0.564. The van der Waals surface area contributed by atoms with Gasteiger partial charge in [0.2, 0.25) is 0 Å². The molecule has 0 aliphatic carbocycles. The van der Waals surface area contributed by atoms with Crippen molar-refractivity contribution in [3.63, 3.8) is 0 Å². The second-order valence-electron chi connectivity index (χ2n) is 5.50. The Hall–Kier alpha value is -2.56. The Bertz CT molecular complexity index is 656. The van der Waals surface area contributed by atoms with E-state index >= 15 is 0 Å². The number of benzene rings is 1. The number of nitrogens with one attached hydrogen (secondary N) is 2. The van der Waals surface area contributed by atoms with Crippen LogP contribution in [0.5, 0.6) is 5.75 Å². The average Bonchev–Trinajstić information content (AvgIpc) is 2.62. The number of aromatic nitrogens is 1. The van der Waals surface area contributed by atoms with Crippen LogP contribution in [0.4, 0.5) is 0 Å². The van der Waals surface area contributed by atoms with Gasteiger partial charge in [0.25, 0.3) is 0 Å². The molecule has 2 aromatic rings. The maximum atomic E-state index is 5.38. The third-order valence-electron chi connectivity index (χ3n) is 3.65. The summed E-state index contributed by atoms with van der Waals surface area (Å²) in [5.41, 5.74) is 3.35. The molecule has 0 fully saturated rings. The van der Waals surface area contributed by atoms with Gasteiger partial charge in [0.05, 0.1) is 19.3 Å². The van der Waals surface area contributed by atoms with Gasteiger partial charge in [-0.05, 0) is 49.6 Å². The van der Waals surface area contributed by atoms with Gasteiger partial charge in [0, 0.05) is 19.3 Å². The molecule has 0 saturated carbocycles. The van der Waals surface area contributed by atoms with Crippen molar-refractivity contribution in [2.24, 2.45) is 4.99 Å². The minimum atomic E-state index is 0.564. The van der Waals surface area contributed by atoms with E-state index in [1.54, 1.807) is 13.3 Å². The molecular weight excluding hydrogens is 300 g/mol. The molecule has 1 aromatic carbocycles. The van der Waals surface area contributed by atoms with E-state index in [2.05, 4.69) is 52.7 Å². The number of aryl methyl sites for hydroxylation is 1. The molecule has 0 aliphatic heterocycles. The SMILES string of the molecule is CCNC(=NCc1ccccn1)NCCc1ccc(C)c(OC)c1. The summed E-state index contributed by atoms with van der Waals surface area (Å²) in [6.07, 6.45) is 2.70. The molecular formula is C19H26N4O. The number of pyridine rings is 1. The molecule has 0 saturated heterocycles. The van der Waals surface area contributed by atoms with Crippen LogP contribution < -0.4 is 15.4 Å². The fraction of sp³-hybridized carbons (Fsp3) is 0.368. The Morgan fingerprint density at radius 1 is 1.21 bits per heavy atom. The standard InChI is InChI=1S/C19H26N4O/c1-4-20-19(23-14-17-7-5-6-11-21-17)22-12-10-16-9-8-15(2)18(13-16)24-3/h5-9,11,13H,4,10,12,14H2,1-3H3,(H2,20,22,23). The number of nitrogens with zero attached hydrogens (tertiary/aromatic N) is 2. The van der Waals surface area contributed by atoms with Crippen LogP contribution >= 0.6 is 0 Å². The molecule has 0 atom stereocenters. The summed E-state index contributed by atoms with van der Waals surface area (Å²) in [7, 11) is 1.71. The molecule has 128 valence electrons. The Kier molecular flexibility index (Phi) is 7.08. The highest BCUT2D eigenvalue weighted by molar-refractivity contribution is 5.79. The molecule has 2 rings (SSSR count). The van der Waals surface area contributed by atoms with Gasteiger partial charge in [-0.1, -0.05) is 18.2 Å². The molecule has 5 heteroatoms. The molecule has 24 heavy (non-hydrogen) atoms. The summed E-state index contributed by atoms with van der Waals surface area (Å²) in [5, 5.41) is 6.62. The van der Waals surface area contributed by atoms with Gasteiger partial charge in [-0.3, -0.25) is 4.98 Å². The average molecular weight is 326 g/mol. The molecule has 0 bridgehead atoms. The largest absolute Gasteiger partial charge is 0.496 e. The molecule has 1 heterocycles. The van der Waals surface area contributed by atoms with Crippen LogP contribution in [0.25, 0.3) is 0 Å². The number of rotatable bonds is 7. The molecule has 0 radical (unpaired) electrons. The van der Waals surface area contributed by atoms with Crippen molar-refractivity contribution < 1.29 is 4.74 Å². The highest BCUT2D eigenvalue weighted by atomic mass is 16.5. The van der Waals surface area contributed by atoms with Crippen molar-refractivity contribution in [3.05, 3.63) is 59.4 Å². The summed E-state index contributed by atoms with van der Waals surface area (Å²) < 4.78 is 5.38. The van der Waals surface area contributed by atoms with E-state index in [1.165, 1.54) is 5.56 Å². The molecule has 0 spiro atoms. The zero-order valence-electron chi connectivity index (χ0n) is 14.7. The smallest absolute Gasteiger partial charge is 0.191 e. The van der Waals surface area contributed by atoms with Crippen LogP contribution in [-0.4, -0.2) is 31.1 Å². The Balaban J connectivity index is 1.89. The summed E-state index contributed by atoms with van der Waals surface area (Å²) in [6, 6.07) is 12.2. The lowest BCUT2D eigenvalue weighted by molar-refractivity contribution is 0.411. The first-order valence-corrected chi connectivity index (χ1v) is 8.28. The third kappa shape index (κ3) is 5.57.